The number of anilines is 1. The average molecular weight is 295 g/mol. The van der Waals surface area contributed by atoms with Gasteiger partial charge in [0.25, 0.3) is 11.5 Å². The maximum absolute atomic E-state index is 12.3. The molecule has 0 saturated carbocycles. The van der Waals surface area contributed by atoms with E-state index in [1.54, 1.807) is 48.5 Å². The van der Waals surface area contributed by atoms with Gasteiger partial charge in [0.2, 0.25) is 0 Å². The second-order valence-corrected chi connectivity index (χ2v) is 4.59. The normalized spacial score (nSPS) is 10.4. The van der Waals surface area contributed by atoms with Crippen molar-refractivity contribution in [2.75, 3.05) is 12.4 Å². The minimum absolute atomic E-state index is 0.0467. The van der Waals surface area contributed by atoms with Gasteiger partial charge in [0.15, 0.2) is 5.82 Å². The van der Waals surface area contributed by atoms with Crippen LogP contribution in [0.1, 0.15) is 10.6 Å². The van der Waals surface area contributed by atoms with E-state index in [1.807, 2.05) is 0 Å². The molecule has 2 aromatic carbocycles. The van der Waals surface area contributed by atoms with Gasteiger partial charge in [-0.1, -0.05) is 24.3 Å². The highest BCUT2D eigenvalue weighted by Crippen LogP contribution is 2.23. The van der Waals surface area contributed by atoms with Gasteiger partial charge in [-0.2, -0.15) is 0 Å². The average Bonchev–Trinajstić information content (AvgIpc) is 2.55. The van der Waals surface area contributed by atoms with E-state index in [2.05, 4.69) is 15.3 Å². The molecule has 0 saturated heterocycles. The Morgan fingerprint density at radius 3 is 2.68 bits per heavy atom. The molecule has 2 N–H and O–H groups in total. The number of para-hydroxylation sites is 3. The maximum atomic E-state index is 12.3. The number of methoxy groups -OCH3 is 1. The zero-order chi connectivity index (χ0) is 15.5. The second-order valence-electron chi connectivity index (χ2n) is 4.59. The molecule has 0 radical (unpaired) electrons. The van der Waals surface area contributed by atoms with E-state index >= 15 is 0 Å². The highest BCUT2D eigenvalue weighted by atomic mass is 16.5. The number of fused-ring (bicyclic) bond motifs is 1. The molecule has 6 nitrogen and oxygen atoms in total. The summed E-state index contributed by atoms with van der Waals surface area (Å²) in [5.41, 5.74) is 0.623. The lowest BCUT2D eigenvalue weighted by molar-refractivity contribution is 0.101. The molecule has 1 heterocycles. The van der Waals surface area contributed by atoms with Crippen molar-refractivity contribution in [2.45, 2.75) is 0 Å². The van der Waals surface area contributed by atoms with Crippen LogP contribution in [0.2, 0.25) is 0 Å². The summed E-state index contributed by atoms with van der Waals surface area (Å²) in [6.07, 6.45) is 0. The molecule has 22 heavy (non-hydrogen) atoms. The largest absolute Gasteiger partial charge is 0.495 e. The van der Waals surface area contributed by atoms with E-state index in [-0.39, 0.29) is 11.4 Å². The van der Waals surface area contributed by atoms with Gasteiger partial charge < -0.3 is 15.0 Å². The minimum Gasteiger partial charge on any atom is -0.495 e. The van der Waals surface area contributed by atoms with Crippen molar-refractivity contribution >= 4 is 22.5 Å². The Labute approximate surface area is 125 Å². The number of aromatic amines is 1. The summed E-state index contributed by atoms with van der Waals surface area (Å²) in [6, 6.07) is 13.8. The zero-order valence-corrected chi connectivity index (χ0v) is 11.8. The van der Waals surface area contributed by atoms with Crippen molar-refractivity contribution in [3.63, 3.8) is 0 Å². The van der Waals surface area contributed by atoms with E-state index in [9.17, 15) is 9.59 Å². The fraction of sp³-hybridized carbons (Fsp3) is 0.0625. The van der Waals surface area contributed by atoms with Crippen molar-refractivity contribution in [3.8, 4) is 5.75 Å². The number of hydrogen-bond donors (Lipinski definition) is 2. The zero-order valence-electron chi connectivity index (χ0n) is 11.8. The smallest absolute Gasteiger partial charge is 0.291 e. The minimum atomic E-state index is -0.507. The lowest BCUT2D eigenvalue weighted by Crippen LogP contribution is -2.21. The Bertz CT molecular complexity index is 902. The number of ether oxygens (including phenoxy) is 1. The van der Waals surface area contributed by atoms with Gasteiger partial charge in [0, 0.05) is 0 Å². The van der Waals surface area contributed by atoms with Crippen LogP contribution in [0.25, 0.3) is 10.9 Å². The molecule has 1 aromatic heterocycles. The van der Waals surface area contributed by atoms with Crippen LogP contribution in [-0.2, 0) is 0 Å². The summed E-state index contributed by atoms with van der Waals surface area (Å²) in [7, 11) is 1.52. The third-order valence-electron chi connectivity index (χ3n) is 3.18. The molecule has 0 bridgehead atoms. The molecule has 0 spiro atoms. The maximum Gasteiger partial charge on any atom is 0.291 e. The van der Waals surface area contributed by atoms with Gasteiger partial charge in [-0.25, -0.2) is 4.98 Å². The number of carbonyl (C=O) groups is 1. The van der Waals surface area contributed by atoms with Gasteiger partial charge in [-0.15, -0.1) is 0 Å². The molecule has 0 aliphatic rings. The van der Waals surface area contributed by atoms with Gasteiger partial charge in [-0.3, -0.25) is 9.59 Å². The number of carbonyl (C=O) groups excluding carboxylic acids is 1. The van der Waals surface area contributed by atoms with Crippen LogP contribution in [0, 0.1) is 0 Å². The Kier molecular flexibility index (Phi) is 3.57. The number of H-pyrrole nitrogens is 1. The monoisotopic (exact) mass is 295 g/mol. The lowest BCUT2D eigenvalue weighted by atomic mass is 10.2. The Morgan fingerprint density at radius 2 is 1.86 bits per heavy atom. The number of nitrogens with zero attached hydrogens (tertiary/aromatic N) is 1. The Hall–Kier alpha value is -3.15. The highest BCUT2D eigenvalue weighted by molar-refractivity contribution is 6.03. The van der Waals surface area contributed by atoms with Crippen LogP contribution in [0.15, 0.2) is 53.3 Å². The number of rotatable bonds is 3. The first-order valence-electron chi connectivity index (χ1n) is 6.62. The van der Waals surface area contributed by atoms with Crippen molar-refractivity contribution in [3.05, 3.63) is 64.7 Å². The summed E-state index contributed by atoms with van der Waals surface area (Å²) in [5.74, 6) is -0.0269. The fourth-order valence-electron chi connectivity index (χ4n) is 2.12. The summed E-state index contributed by atoms with van der Waals surface area (Å²) in [6.45, 7) is 0. The molecular formula is C16H13N3O3. The number of aromatic nitrogens is 2. The highest BCUT2D eigenvalue weighted by Gasteiger charge is 2.13. The van der Waals surface area contributed by atoms with Gasteiger partial charge in [0.05, 0.1) is 23.7 Å². The standard InChI is InChI=1S/C16H13N3O3/c1-22-13-9-5-4-8-12(13)18-16(21)14-17-11-7-3-2-6-10(11)15(20)19-14/h2-9H,1H3,(H,18,21)(H,17,19,20). The van der Waals surface area contributed by atoms with Crippen molar-refractivity contribution < 1.29 is 9.53 Å². The Balaban J connectivity index is 1.97. The molecule has 0 aliphatic heterocycles. The third-order valence-corrected chi connectivity index (χ3v) is 3.18. The third kappa shape index (κ3) is 2.54. The number of amides is 1. The van der Waals surface area contributed by atoms with E-state index in [4.69, 9.17) is 4.74 Å². The topological polar surface area (TPSA) is 84.1 Å². The Morgan fingerprint density at radius 1 is 1.14 bits per heavy atom. The van der Waals surface area contributed by atoms with E-state index < -0.39 is 5.91 Å². The molecule has 0 unspecified atom stereocenters. The van der Waals surface area contributed by atoms with Crippen LogP contribution in [0.3, 0.4) is 0 Å². The van der Waals surface area contributed by atoms with E-state index in [0.29, 0.717) is 22.3 Å². The van der Waals surface area contributed by atoms with Crippen LogP contribution in [-0.4, -0.2) is 23.0 Å². The van der Waals surface area contributed by atoms with Crippen molar-refractivity contribution in [1.82, 2.24) is 9.97 Å². The first kappa shape index (κ1) is 13.8. The molecule has 6 heteroatoms. The molecule has 0 aliphatic carbocycles. The predicted octanol–water partition coefficient (Wildman–Crippen LogP) is 2.18. The molecule has 0 atom stereocenters. The fourth-order valence-corrected chi connectivity index (χ4v) is 2.12. The predicted molar refractivity (Wildman–Crippen MR) is 83.3 cm³/mol. The van der Waals surface area contributed by atoms with Crippen molar-refractivity contribution in [2.24, 2.45) is 0 Å². The van der Waals surface area contributed by atoms with Gasteiger partial charge in [-0.05, 0) is 24.3 Å². The van der Waals surface area contributed by atoms with Crippen LogP contribution in [0.5, 0.6) is 5.75 Å². The van der Waals surface area contributed by atoms with Crippen LogP contribution >= 0.6 is 0 Å². The summed E-state index contributed by atoms with van der Waals surface area (Å²) in [5, 5.41) is 3.11. The van der Waals surface area contributed by atoms with E-state index in [0.717, 1.165) is 0 Å². The summed E-state index contributed by atoms with van der Waals surface area (Å²) < 4.78 is 5.17. The first-order valence-corrected chi connectivity index (χ1v) is 6.62. The molecule has 1 amide bonds. The molecule has 110 valence electrons. The van der Waals surface area contributed by atoms with Gasteiger partial charge in [0.1, 0.15) is 5.75 Å². The molecule has 3 aromatic rings. The quantitative estimate of drug-likeness (QED) is 0.775. The number of nitrogens with one attached hydrogen (secondary N) is 2. The molecular weight excluding hydrogens is 282 g/mol. The second kappa shape index (κ2) is 5.69. The number of hydrogen-bond acceptors (Lipinski definition) is 4. The lowest BCUT2D eigenvalue weighted by Gasteiger charge is -2.09. The molecule has 3 rings (SSSR count). The summed E-state index contributed by atoms with van der Waals surface area (Å²) in [4.78, 5) is 30.9. The first-order chi connectivity index (χ1) is 10.7. The molecule has 0 fully saturated rings. The number of benzene rings is 2. The van der Waals surface area contributed by atoms with Crippen LogP contribution < -0.4 is 15.6 Å². The van der Waals surface area contributed by atoms with Gasteiger partial charge >= 0.3 is 0 Å². The van der Waals surface area contributed by atoms with Crippen LogP contribution in [0.4, 0.5) is 5.69 Å². The SMILES string of the molecule is COc1ccccc1NC(=O)c1nc2ccccc2c(=O)[nH]1. The summed E-state index contributed by atoms with van der Waals surface area (Å²) >= 11 is 0. The van der Waals surface area contributed by atoms with E-state index in [1.165, 1.54) is 7.11 Å². The van der Waals surface area contributed by atoms with Crippen molar-refractivity contribution in [1.29, 1.82) is 0 Å².